The van der Waals surface area contributed by atoms with Gasteiger partial charge in [0.1, 0.15) is 5.82 Å². The van der Waals surface area contributed by atoms with Crippen molar-refractivity contribution in [2.24, 2.45) is 5.73 Å². The van der Waals surface area contributed by atoms with Crippen LogP contribution in [0.4, 0.5) is 4.39 Å². The van der Waals surface area contributed by atoms with E-state index < -0.39 is 0 Å². The molecule has 0 spiro atoms. The molecule has 0 unspecified atom stereocenters. The van der Waals surface area contributed by atoms with Gasteiger partial charge < -0.3 is 10.7 Å². The third-order valence-corrected chi connectivity index (χ3v) is 3.34. The minimum atomic E-state index is -0.222. The van der Waals surface area contributed by atoms with E-state index in [1.54, 1.807) is 12.1 Å². The SMILES string of the molecule is NCCc1c(-c2ccc(F)cc2)[nH]c2ccccc12. The molecule has 96 valence electrons. The zero-order valence-electron chi connectivity index (χ0n) is 10.5. The Labute approximate surface area is 111 Å². The van der Waals surface area contributed by atoms with Crippen LogP contribution in [0, 0.1) is 5.82 Å². The molecule has 0 aliphatic heterocycles. The summed E-state index contributed by atoms with van der Waals surface area (Å²) >= 11 is 0. The summed E-state index contributed by atoms with van der Waals surface area (Å²) in [4.78, 5) is 3.41. The number of hydrogen-bond donors (Lipinski definition) is 2. The Kier molecular flexibility index (Phi) is 3.05. The van der Waals surface area contributed by atoms with Gasteiger partial charge in [0.2, 0.25) is 0 Å². The fraction of sp³-hybridized carbons (Fsp3) is 0.125. The molecule has 3 rings (SSSR count). The summed E-state index contributed by atoms with van der Waals surface area (Å²) < 4.78 is 13.0. The van der Waals surface area contributed by atoms with Gasteiger partial charge in [0, 0.05) is 16.6 Å². The number of H-pyrrole nitrogens is 1. The molecule has 2 aromatic carbocycles. The van der Waals surface area contributed by atoms with Crippen molar-refractivity contribution in [3.63, 3.8) is 0 Å². The summed E-state index contributed by atoms with van der Waals surface area (Å²) in [5.74, 6) is -0.222. The number of halogens is 1. The number of aromatic amines is 1. The first-order valence-corrected chi connectivity index (χ1v) is 6.35. The number of benzene rings is 2. The summed E-state index contributed by atoms with van der Waals surface area (Å²) in [6, 6.07) is 14.7. The highest BCUT2D eigenvalue weighted by atomic mass is 19.1. The van der Waals surface area contributed by atoms with E-state index in [2.05, 4.69) is 11.1 Å². The lowest BCUT2D eigenvalue weighted by atomic mass is 10.0. The van der Waals surface area contributed by atoms with Gasteiger partial charge in [-0.1, -0.05) is 18.2 Å². The van der Waals surface area contributed by atoms with Crippen LogP contribution in [0.3, 0.4) is 0 Å². The molecule has 19 heavy (non-hydrogen) atoms. The zero-order valence-corrected chi connectivity index (χ0v) is 10.5. The number of aromatic nitrogens is 1. The maximum Gasteiger partial charge on any atom is 0.123 e. The van der Waals surface area contributed by atoms with Crippen LogP contribution in [0.15, 0.2) is 48.5 Å². The molecule has 3 N–H and O–H groups in total. The van der Waals surface area contributed by atoms with Crippen molar-refractivity contribution in [1.82, 2.24) is 4.98 Å². The van der Waals surface area contributed by atoms with E-state index in [1.807, 2.05) is 18.2 Å². The van der Waals surface area contributed by atoms with Gasteiger partial charge in [-0.25, -0.2) is 4.39 Å². The first-order valence-electron chi connectivity index (χ1n) is 6.35. The monoisotopic (exact) mass is 254 g/mol. The van der Waals surface area contributed by atoms with Crippen LogP contribution < -0.4 is 5.73 Å². The Bertz CT molecular complexity index is 698. The third kappa shape index (κ3) is 2.13. The highest BCUT2D eigenvalue weighted by Gasteiger charge is 2.12. The molecule has 0 amide bonds. The van der Waals surface area contributed by atoms with Crippen LogP contribution in [-0.2, 0) is 6.42 Å². The van der Waals surface area contributed by atoms with E-state index in [1.165, 1.54) is 23.1 Å². The lowest BCUT2D eigenvalue weighted by Crippen LogP contribution is -2.03. The summed E-state index contributed by atoms with van der Waals surface area (Å²) in [5.41, 5.74) is 10.0. The molecule has 3 aromatic rings. The first kappa shape index (κ1) is 11.9. The fourth-order valence-electron chi connectivity index (χ4n) is 2.47. The van der Waals surface area contributed by atoms with Gasteiger partial charge in [-0.3, -0.25) is 0 Å². The molecule has 0 aliphatic carbocycles. The summed E-state index contributed by atoms with van der Waals surface area (Å²) in [6.07, 6.45) is 0.802. The molecule has 0 saturated heterocycles. The number of para-hydroxylation sites is 1. The quantitative estimate of drug-likeness (QED) is 0.738. The van der Waals surface area contributed by atoms with Crippen LogP contribution in [0.5, 0.6) is 0 Å². The molecule has 0 bridgehead atoms. The van der Waals surface area contributed by atoms with E-state index in [4.69, 9.17) is 5.73 Å². The van der Waals surface area contributed by atoms with Crippen LogP contribution in [-0.4, -0.2) is 11.5 Å². The molecule has 2 nitrogen and oxygen atoms in total. The Morgan fingerprint density at radius 1 is 1.00 bits per heavy atom. The van der Waals surface area contributed by atoms with E-state index in [0.29, 0.717) is 6.54 Å². The molecular formula is C16H15FN2. The second-order valence-electron chi connectivity index (χ2n) is 4.57. The maximum absolute atomic E-state index is 13.0. The van der Waals surface area contributed by atoms with E-state index in [-0.39, 0.29) is 5.82 Å². The van der Waals surface area contributed by atoms with Gasteiger partial charge in [0.05, 0.1) is 0 Å². The second kappa shape index (κ2) is 4.86. The van der Waals surface area contributed by atoms with Crippen molar-refractivity contribution in [2.45, 2.75) is 6.42 Å². The second-order valence-corrected chi connectivity index (χ2v) is 4.57. The first-order chi connectivity index (χ1) is 9.29. The van der Waals surface area contributed by atoms with Gasteiger partial charge in [0.25, 0.3) is 0 Å². The summed E-state index contributed by atoms with van der Waals surface area (Å²) in [6.45, 7) is 0.593. The van der Waals surface area contributed by atoms with Gasteiger partial charge in [0.15, 0.2) is 0 Å². The summed E-state index contributed by atoms with van der Waals surface area (Å²) in [7, 11) is 0. The number of fused-ring (bicyclic) bond motifs is 1. The largest absolute Gasteiger partial charge is 0.354 e. The molecule has 3 heteroatoms. The third-order valence-electron chi connectivity index (χ3n) is 3.34. The predicted molar refractivity (Wildman–Crippen MR) is 76.5 cm³/mol. The van der Waals surface area contributed by atoms with Gasteiger partial charge in [-0.2, -0.15) is 0 Å². The number of nitrogens with two attached hydrogens (primary N) is 1. The average molecular weight is 254 g/mol. The normalized spacial score (nSPS) is 11.1. The van der Waals surface area contributed by atoms with Gasteiger partial charge in [-0.05, 0) is 54.4 Å². The van der Waals surface area contributed by atoms with Gasteiger partial charge >= 0.3 is 0 Å². The topological polar surface area (TPSA) is 41.8 Å². The minimum absolute atomic E-state index is 0.222. The van der Waals surface area contributed by atoms with Crippen molar-refractivity contribution in [3.8, 4) is 11.3 Å². The molecule has 0 aliphatic rings. The molecule has 1 aromatic heterocycles. The molecule has 0 fully saturated rings. The smallest absolute Gasteiger partial charge is 0.123 e. The highest BCUT2D eigenvalue weighted by molar-refractivity contribution is 5.90. The lowest BCUT2D eigenvalue weighted by molar-refractivity contribution is 0.628. The van der Waals surface area contributed by atoms with Crippen molar-refractivity contribution in [1.29, 1.82) is 0 Å². The lowest BCUT2D eigenvalue weighted by Gasteiger charge is -2.03. The minimum Gasteiger partial charge on any atom is -0.354 e. The molecule has 0 atom stereocenters. The Morgan fingerprint density at radius 2 is 1.74 bits per heavy atom. The summed E-state index contributed by atoms with van der Waals surface area (Å²) in [5, 5.41) is 1.19. The van der Waals surface area contributed by atoms with Crippen molar-refractivity contribution >= 4 is 10.9 Å². The number of nitrogens with one attached hydrogen (secondary N) is 1. The van der Waals surface area contributed by atoms with Crippen molar-refractivity contribution < 1.29 is 4.39 Å². The maximum atomic E-state index is 13.0. The van der Waals surface area contributed by atoms with Crippen molar-refractivity contribution in [2.75, 3.05) is 6.54 Å². The van der Waals surface area contributed by atoms with Crippen LogP contribution in [0.1, 0.15) is 5.56 Å². The standard InChI is InChI=1S/C16H15FN2/c17-12-7-5-11(6-8-12)16-14(9-10-18)13-3-1-2-4-15(13)19-16/h1-8,19H,9-10,18H2. The number of hydrogen-bond acceptors (Lipinski definition) is 1. The molecule has 1 heterocycles. The average Bonchev–Trinajstić information content (AvgIpc) is 2.79. The number of rotatable bonds is 3. The van der Waals surface area contributed by atoms with Gasteiger partial charge in [-0.15, -0.1) is 0 Å². The Morgan fingerprint density at radius 3 is 2.47 bits per heavy atom. The van der Waals surface area contributed by atoms with Crippen LogP contribution in [0.2, 0.25) is 0 Å². The molecule has 0 radical (unpaired) electrons. The fourth-order valence-corrected chi connectivity index (χ4v) is 2.47. The highest BCUT2D eigenvalue weighted by Crippen LogP contribution is 2.30. The van der Waals surface area contributed by atoms with E-state index >= 15 is 0 Å². The van der Waals surface area contributed by atoms with Crippen molar-refractivity contribution in [3.05, 3.63) is 59.9 Å². The Balaban J connectivity index is 2.21. The Hall–Kier alpha value is -2.13. The zero-order chi connectivity index (χ0) is 13.2. The van der Waals surface area contributed by atoms with Crippen LogP contribution in [0.25, 0.3) is 22.2 Å². The predicted octanol–water partition coefficient (Wildman–Crippen LogP) is 3.48. The van der Waals surface area contributed by atoms with Crippen LogP contribution >= 0.6 is 0 Å². The molecular weight excluding hydrogens is 239 g/mol. The van der Waals surface area contributed by atoms with E-state index in [0.717, 1.165) is 23.2 Å². The molecule has 0 saturated carbocycles. The van der Waals surface area contributed by atoms with E-state index in [9.17, 15) is 4.39 Å².